The van der Waals surface area contributed by atoms with Crippen molar-refractivity contribution in [3.63, 3.8) is 0 Å². The molecule has 0 fully saturated rings. The maximum atomic E-state index is 12.1. The molecule has 0 spiro atoms. The molecule has 174 valence electrons. The van der Waals surface area contributed by atoms with Gasteiger partial charge in [-0.05, 0) is 66.6 Å². The summed E-state index contributed by atoms with van der Waals surface area (Å²) in [6.45, 7) is 1.64. The molecule has 0 aliphatic rings. The zero-order valence-corrected chi connectivity index (χ0v) is 19.5. The Morgan fingerprint density at radius 3 is 2.41 bits per heavy atom. The van der Waals surface area contributed by atoms with Crippen LogP contribution in [0.4, 0.5) is 11.4 Å². The summed E-state index contributed by atoms with van der Waals surface area (Å²) < 4.78 is 5.45. The molecule has 10 heteroatoms. The highest BCUT2D eigenvalue weighted by Crippen LogP contribution is 2.29. The largest absolute Gasteiger partial charge is 0.484 e. The molecule has 3 aromatic carbocycles. The average Bonchev–Trinajstić information content (AvgIpc) is 2.81. The molecule has 3 amide bonds. The van der Waals surface area contributed by atoms with Crippen molar-refractivity contribution in [2.24, 2.45) is 5.10 Å². The topological polar surface area (TPSA) is 109 Å². The second-order valence-electron chi connectivity index (χ2n) is 7.03. The van der Waals surface area contributed by atoms with Gasteiger partial charge < -0.3 is 15.4 Å². The number of rotatable bonds is 7. The molecule has 0 radical (unpaired) electrons. The number of halogens is 2. The van der Waals surface area contributed by atoms with Crippen LogP contribution in [-0.4, -0.2) is 30.5 Å². The molecule has 0 aliphatic heterocycles. The number of carbonyl (C=O) groups excluding carboxylic acids is 3. The van der Waals surface area contributed by atoms with Gasteiger partial charge in [-0.1, -0.05) is 41.4 Å². The number of benzene rings is 3. The number of ether oxygens (including phenoxy) is 1. The van der Waals surface area contributed by atoms with Gasteiger partial charge in [-0.25, -0.2) is 5.43 Å². The minimum Gasteiger partial charge on any atom is -0.484 e. The van der Waals surface area contributed by atoms with Gasteiger partial charge in [0.25, 0.3) is 5.91 Å². The molecule has 0 heterocycles. The van der Waals surface area contributed by atoms with E-state index in [0.29, 0.717) is 27.7 Å². The zero-order chi connectivity index (χ0) is 24.5. The lowest BCUT2D eigenvalue weighted by atomic mass is 10.2. The van der Waals surface area contributed by atoms with E-state index in [1.165, 1.54) is 6.21 Å². The molecule has 0 saturated carbocycles. The van der Waals surface area contributed by atoms with Gasteiger partial charge in [0.05, 0.1) is 21.9 Å². The summed E-state index contributed by atoms with van der Waals surface area (Å²) in [6, 6.07) is 18.6. The fourth-order valence-electron chi connectivity index (χ4n) is 2.71. The SMILES string of the molecule is Cc1cccc(NC(=O)C(=O)N/N=C\c2ccc(OCC(=O)Nc3cccc(Cl)c3Cl)cc2)c1. The number of hydrogen-bond donors (Lipinski definition) is 3. The lowest BCUT2D eigenvalue weighted by Crippen LogP contribution is -2.32. The average molecular weight is 499 g/mol. The number of carbonyl (C=O) groups is 3. The third-order valence-corrected chi connectivity index (χ3v) is 5.16. The van der Waals surface area contributed by atoms with Gasteiger partial charge in [0.1, 0.15) is 5.75 Å². The van der Waals surface area contributed by atoms with E-state index in [9.17, 15) is 14.4 Å². The molecule has 3 rings (SSSR count). The number of amides is 3. The van der Waals surface area contributed by atoms with Crippen molar-refractivity contribution in [1.29, 1.82) is 0 Å². The molecule has 34 heavy (non-hydrogen) atoms. The van der Waals surface area contributed by atoms with Gasteiger partial charge in [0.2, 0.25) is 0 Å². The van der Waals surface area contributed by atoms with Crippen LogP contribution in [0.15, 0.2) is 71.8 Å². The second kappa shape index (κ2) is 11.8. The van der Waals surface area contributed by atoms with Crippen LogP contribution in [0.2, 0.25) is 10.0 Å². The van der Waals surface area contributed by atoms with Gasteiger partial charge in [0.15, 0.2) is 6.61 Å². The molecule has 0 aliphatic carbocycles. The standard InChI is InChI=1S/C24H20Cl2N4O4/c1-15-4-2-5-17(12-15)28-23(32)24(33)30-27-13-16-8-10-18(11-9-16)34-14-21(31)29-20-7-3-6-19(25)22(20)26/h2-13H,14H2,1H3,(H,28,32)(H,29,31)(H,30,33)/b27-13-. The number of anilines is 2. The first kappa shape index (κ1) is 24.8. The van der Waals surface area contributed by atoms with E-state index in [4.69, 9.17) is 27.9 Å². The lowest BCUT2D eigenvalue weighted by molar-refractivity contribution is -0.136. The van der Waals surface area contributed by atoms with Gasteiger partial charge in [-0.3, -0.25) is 14.4 Å². The van der Waals surface area contributed by atoms with Crippen molar-refractivity contribution in [3.05, 3.63) is 87.9 Å². The van der Waals surface area contributed by atoms with Gasteiger partial charge in [-0.15, -0.1) is 0 Å². The monoisotopic (exact) mass is 498 g/mol. The predicted octanol–water partition coefficient (Wildman–Crippen LogP) is 4.41. The molecular formula is C24H20Cl2N4O4. The lowest BCUT2D eigenvalue weighted by Gasteiger charge is -2.09. The van der Waals surface area contributed by atoms with Gasteiger partial charge >= 0.3 is 11.8 Å². The molecule has 0 bridgehead atoms. The van der Waals surface area contributed by atoms with E-state index in [1.54, 1.807) is 60.7 Å². The highest BCUT2D eigenvalue weighted by Gasteiger charge is 2.13. The minimum absolute atomic E-state index is 0.234. The third kappa shape index (κ3) is 7.33. The van der Waals surface area contributed by atoms with E-state index < -0.39 is 17.7 Å². The molecule has 3 aromatic rings. The molecule has 8 nitrogen and oxygen atoms in total. The summed E-state index contributed by atoms with van der Waals surface area (Å²) in [7, 11) is 0. The molecular weight excluding hydrogens is 479 g/mol. The Labute approximate surface area is 205 Å². The number of hydrogen-bond acceptors (Lipinski definition) is 5. The smallest absolute Gasteiger partial charge is 0.329 e. The highest BCUT2D eigenvalue weighted by molar-refractivity contribution is 6.44. The van der Waals surface area contributed by atoms with E-state index in [-0.39, 0.29) is 11.6 Å². The summed E-state index contributed by atoms with van der Waals surface area (Å²) in [5.41, 5.74) is 4.67. The van der Waals surface area contributed by atoms with Crippen LogP contribution in [0.25, 0.3) is 0 Å². The molecule has 0 saturated heterocycles. The number of nitrogens with one attached hydrogen (secondary N) is 3. The van der Waals surface area contributed by atoms with Crippen molar-refractivity contribution < 1.29 is 19.1 Å². The van der Waals surface area contributed by atoms with E-state index in [2.05, 4.69) is 21.2 Å². The Morgan fingerprint density at radius 1 is 0.941 bits per heavy atom. The first-order valence-corrected chi connectivity index (χ1v) is 10.7. The molecule has 0 unspecified atom stereocenters. The quantitative estimate of drug-likeness (QED) is 0.254. The molecule has 0 aromatic heterocycles. The van der Waals surface area contributed by atoms with Crippen LogP contribution in [0.3, 0.4) is 0 Å². The van der Waals surface area contributed by atoms with Crippen LogP contribution in [-0.2, 0) is 14.4 Å². The van der Waals surface area contributed by atoms with E-state index >= 15 is 0 Å². The summed E-state index contributed by atoms with van der Waals surface area (Å²) in [6.07, 6.45) is 1.37. The van der Waals surface area contributed by atoms with Crippen LogP contribution < -0.4 is 20.8 Å². The predicted molar refractivity (Wildman–Crippen MR) is 133 cm³/mol. The van der Waals surface area contributed by atoms with Gasteiger partial charge in [-0.2, -0.15) is 5.10 Å². The number of aryl methyl sites for hydroxylation is 1. The normalized spacial score (nSPS) is 10.6. The van der Waals surface area contributed by atoms with Gasteiger partial charge in [0, 0.05) is 5.69 Å². The van der Waals surface area contributed by atoms with Crippen molar-refractivity contribution in [1.82, 2.24) is 5.43 Å². The van der Waals surface area contributed by atoms with E-state index in [0.717, 1.165) is 5.56 Å². The molecule has 0 atom stereocenters. The number of hydrazone groups is 1. The summed E-state index contributed by atoms with van der Waals surface area (Å²) in [4.78, 5) is 35.9. The summed E-state index contributed by atoms with van der Waals surface area (Å²) >= 11 is 12.0. The van der Waals surface area contributed by atoms with Crippen LogP contribution in [0.5, 0.6) is 5.75 Å². The molecule has 3 N–H and O–H groups in total. The second-order valence-corrected chi connectivity index (χ2v) is 7.82. The van der Waals surface area contributed by atoms with Crippen LogP contribution >= 0.6 is 23.2 Å². The van der Waals surface area contributed by atoms with Crippen molar-refractivity contribution in [2.75, 3.05) is 17.2 Å². The van der Waals surface area contributed by atoms with Crippen molar-refractivity contribution >= 4 is 58.5 Å². The maximum Gasteiger partial charge on any atom is 0.329 e. The summed E-state index contributed by atoms with van der Waals surface area (Å²) in [5, 5.41) is 9.48. The highest BCUT2D eigenvalue weighted by atomic mass is 35.5. The van der Waals surface area contributed by atoms with Crippen molar-refractivity contribution in [2.45, 2.75) is 6.92 Å². The van der Waals surface area contributed by atoms with Crippen molar-refractivity contribution in [3.8, 4) is 5.75 Å². The Hall–Kier alpha value is -3.88. The van der Waals surface area contributed by atoms with Crippen LogP contribution in [0, 0.1) is 6.92 Å². The first-order valence-electron chi connectivity index (χ1n) is 9.99. The Morgan fingerprint density at radius 2 is 1.68 bits per heavy atom. The third-order valence-electron chi connectivity index (χ3n) is 4.34. The maximum absolute atomic E-state index is 12.1. The van der Waals surface area contributed by atoms with E-state index in [1.807, 2.05) is 13.0 Å². The fraction of sp³-hybridized carbons (Fsp3) is 0.0833. The minimum atomic E-state index is -0.900. The Bertz CT molecular complexity index is 1230. The summed E-state index contributed by atoms with van der Waals surface area (Å²) in [5.74, 6) is -1.68. The number of nitrogens with zero attached hydrogens (tertiary/aromatic N) is 1. The zero-order valence-electron chi connectivity index (χ0n) is 18.0. The first-order chi connectivity index (χ1) is 16.3. The fourth-order valence-corrected chi connectivity index (χ4v) is 3.06. The van der Waals surface area contributed by atoms with Crippen LogP contribution in [0.1, 0.15) is 11.1 Å². The Kier molecular flexibility index (Phi) is 8.61. The Balaban J connectivity index is 1.44.